The lowest BCUT2D eigenvalue weighted by atomic mass is 9.85. The number of benzene rings is 1. The molecule has 1 saturated carbocycles. The highest BCUT2D eigenvalue weighted by Gasteiger charge is 2.25. The Balaban J connectivity index is 2.12. The third-order valence-electron chi connectivity index (χ3n) is 3.39. The fraction of sp³-hybridized carbons (Fsp3) is 0.538. The Kier molecular flexibility index (Phi) is 3.20. The first kappa shape index (κ1) is 9.72. The van der Waals surface area contributed by atoms with E-state index in [1.54, 1.807) is 0 Å². The molecule has 1 aliphatic carbocycles. The lowest BCUT2D eigenvalue weighted by molar-refractivity contribution is 0.226. The van der Waals surface area contributed by atoms with Crippen LogP contribution in [0.1, 0.15) is 37.2 Å². The molecule has 1 nitrogen and oxygen atoms in total. The molecule has 0 heterocycles. The van der Waals surface area contributed by atoms with Gasteiger partial charge in [0.25, 0.3) is 0 Å². The molecule has 0 aromatic heterocycles. The first-order valence-electron chi connectivity index (χ1n) is 5.57. The van der Waals surface area contributed by atoms with Gasteiger partial charge in [-0.05, 0) is 24.3 Å². The van der Waals surface area contributed by atoms with Gasteiger partial charge in [0.05, 0.1) is 6.61 Å². The Morgan fingerprint density at radius 1 is 1.14 bits per heavy atom. The molecule has 14 heavy (non-hydrogen) atoms. The Bertz CT molecular complexity index is 262. The van der Waals surface area contributed by atoms with Crippen LogP contribution in [0, 0.1) is 5.92 Å². The van der Waals surface area contributed by atoms with Gasteiger partial charge in [0.2, 0.25) is 0 Å². The van der Waals surface area contributed by atoms with Crippen LogP contribution in [0.3, 0.4) is 0 Å². The van der Waals surface area contributed by atoms with Crippen LogP contribution in [0.15, 0.2) is 30.3 Å². The minimum absolute atomic E-state index is 0.300. The number of hydrogen-bond donors (Lipinski definition) is 1. The maximum atomic E-state index is 9.44. The van der Waals surface area contributed by atoms with Crippen molar-refractivity contribution in [1.29, 1.82) is 0 Å². The summed E-state index contributed by atoms with van der Waals surface area (Å²) in [7, 11) is 0. The van der Waals surface area contributed by atoms with Gasteiger partial charge in [-0.15, -0.1) is 0 Å². The highest BCUT2D eigenvalue weighted by atomic mass is 16.3. The molecule has 0 amide bonds. The third-order valence-corrected chi connectivity index (χ3v) is 3.39. The number of rotatable bonds is 3. The summed E-state index contributed by atoms with van der Waals surface area (Å²) in [4.78, 5) is 0. The van der Waals surface area contributed by atoms with Crippen molar-refractivity contribution in [3.8, 4) is 0 Å². The Labute approximate surface area is 85.8 Å². The monoisotopic (exact) mass is 190 g/mol. The molecule has 0 spiro atoms. The van der Waals surface area contributed by atoms with Crippen molar-refractivity contribution in [3.63, 3.8) is 0 Å². The van der Waals surface area contributed by atoms with Gasteiger partial charge in [0.15, 0.2) is 0 Å². The number of aliphatic hydroxyl groups is 1. The van der Waals surface area contributed by atoms with E-state index in [4.69, 9.17) is 0 Å². The number of hydrogen-bond acceptors (Lipinski definition) is 1. The van der Waals surface area contributed by atoms with E-state index in [-0.39, 0.29) is 0 Å². The second-order valence-electron chi connectivity index (χ2n) is 4.24. The SMILES string of the molecule is OC[C@H](c1ccccc1)C1CCCC1. The van der Waals surface area contributed by atoms with E-state index in [0.29, 0.717) is 18.4 Å². The van der Waals surface area contributed by atoms with Gasteiger partial charge in [-0.25, -0.2) is 0 Å². The summed E-state index contributed by atoms with van der Waals surface area (Å²) in [6.07, 6.45) is 5.27. The molecule has 1 fully saturated rings. The average Bonchev–Trinajstić information content (AvgIpc) is 2.74. The fourth-order valence-corrected chi connectivity index (χ4v) is 2.59. The zero-order valence-corrected chi connectivity index (χ0v) is 8.52. The zero-order chi connectivity index (χ0) is 9.80. The summed E-state index contributed by atoms with van der Waals surface area (Å²) >= 11 is 0. The molecule has 0 radical (unpaired) electrons. The second-order valence-corrected chi connectivity index (χ2v) is 4.24. The molecule has 2 rings (SSSR count). The molecule has 1 heteroatoms. The molecule has 1 aromatic rings. The molecule has 1 aliphatic rings. The van der Waals surface area contributed by atoms with Crippen LogP contribution in [0.2, 0.25) is 0 Å². The highest BCUT2D eigenvalue weighted by Crippen LogP contribution is 2.36. The first-order valence-corrected chi connectivity index (χ1v) is 5.57. The van der Waals surface area contributed by atoms with E-state index >= 15 is 0 Å². The first-order chi connectivity index (χ1) is 6.92. The minimum Gasteiger partial charge on any atom is -0.396 e. The van der Waals surface area contributed by atoms with Crippen LogP contribution in [0.4, 0.5) is 0 Å². The molecule has 1 N–H and O–H groups in total. The van der Waals surface area contributed by atoms with Crippen molar-refractivity contribution in [1.82, 2.24) is 0 Å². The van der Waals surface area contributed by atoms with Gasteiger partial charge in [-0.1, -0.05) is 43.2 Å². The lowest BCUT2D eigenvalue weighted by Crippen LogP contribution is -2.13. The summed E-state index contributed by atoms with van der Waals surface area (Å²) in [5.74, 6) is 1.08. The molecule has 1 atom stereocenters. The largest absolute Gasteiger partial charge is 0.396 e. The predicted octanol–water partition coefficient (Wildman–Crippen LogP) is 2.95. The molecule has 76 valence electrons. The molecule has 0 bridgehead atoms. The molecule has 0 unspecified atom stereocenters. The summed E-state index contributed by atoms with van der Waals surface area (Å²) in [6.45, 7) is 0.300. The minimum atomic E-state index is 0.300. The second kappa shape index (κ2) is 4.61. The predicted molar refractivity (Wildman–Crippen MR) is 58.2 cm³/mol. The topological polar surface area (TPSA) is 20.2 Å². The van der Waals surface area contributed by atoms with Crippen LogP contribution in [-0.2, 0) is 0 Å². The Morgan fingerprint density at radius 2 is 1.79 bits per heavy atom. The summed E-state index contributed by atoms with van der Waals surface area (Å²) in [6, 6.07) is 10.4. The standard InChI is InChI=1S/C13H18O/c14-10-13(12-8-4-5-9-12)11-6-2-1-3-7-11/h1-3,6-7,12-14H,4-5,8-10H2/t13-/m1/s1. The third kappa shape index (κ3) is 1.98. The van der Waals surface area contributed by atoms with E-state index in [2.05, 4.69) is 24.3 Å². The van der Waals surface area contributed by atoms with Crippen molar-refractivity contribution < 1.29 is 5.11 Å². The Morgan fingerprint density at radius 3 is 2.36 bits per heavy atom. The van der Waals surface area contributed by atoms with Gasteiger partial charge in [0.1, 0.15) is 0 Å². The molecule has 1 aromatic carbocycles. The summed E-state index contributed by atoms with van der Waals surface area (Å²) in [5, 5.41) is 9.44. The summed E-state index contributed by atoms with van der Waals surface area (Å²) in [5.41, 5.74) is 1.31. The van der Waals surface area contributed by atoms with Gasteiger partial charge in [0, 0.05) is 5.92 Å². The van der Waals surface area contributed by atoms with Gasteiger partial charge >= 0.3 is 0 Å². The maximum absolute atomic E-state index is 9.44. The van der Waals surface area contributed by atoms with Crippen molar-refractivity contribution in [3.05, 3.63) is 35.9 Å². The highest BCUT2D eigenvalue weighted by molar-refractivity contribution is 5.20. The van der Waals surface area contributed by atoms with Crippen LogP contribution in [0.25, 0.3) is 0 Å². The molecular formula is C13H18O. The fourth-order valence-electron chi connectivity index (χ4n) is 2.59. The van der Waals surface area contributed by atoms with Gasteiger partial charge in [-0.2, -0.15) is 0 Å². The zero-order valence-electron chi connectivity index (χ0n) is 8.52. The maximum Gasteiger partial charge on any atom is 0.0502 e. The number of aliphatic hydroxyl groups excluding tert-OH is 1. The smallest absolute Gasteiger partial charge is 0.0502 e. The quantitative estimate of drug-likeness (QED) is 0.777. The lowest BCUT2D eigenvalue weighted by Gasteiger charge is -2.21. The summed E-state index contributed by atoms with van der Waals surface area (Å²) < 4.78 is 0. The average molecular weight is 190 g/mol. The van der Waals surface area contributed by atoms with E-state index < -0.39 is 0 Å². The van der Waals surface area contributed by atoms with Crippen LogP contribution in [-0.4, -0.2) is 11.7 Å². The van der Waals surface area contributed by atoms with E-state index in [9.17, 15) is 5.11 Å². The van der Waals surface area contributed by atoms with Crippen molar-refractivity contribution in [2.75, 3.05) is 6.61 Å². The van der Waals surface area contributed by atoms with Crippen molar-refractivity contribution in [2.45, 2.75) is 31.6 Å². The van der Waals surface area contributed by atoms with Crippen LogP contribution < -0.4 is 0 Å². The van der Waals surface area contributed by atoms with Crippen LogP contribution in [0.5, 0.6) is 0 Å². The van der Waals surface area contributed by atoms with E-state index in [1.807, 2.05) is 6.07 Å². The normalized spacial score (nSPS) is 19.8. The van der Waals surface area contributed by atoms with Crippen LogP contribution >= 0.6 is 0 Å². The Hall–Kier alpha value is -0.820. The van der Waals surface area contributed by atoms with Crippen molar-refractivity contribution in [2.24, 2.45) is 5.92 Å². The molecular weight excluding hydrogens is 172 g/mol. The van der Waals surface area contributed by atoms with Crippen molar-refractivity contribution >= 4 is 0 Å². The van der Waals surface area contributed by atoms with Gasteiger partial charge in [-0.3, -0.25) is 0 Å². The van der Waals surface area contributed by atoms with Gasteiger partial charge < -0.3 is 5.11 Å². The van der Waals surface area contributed by atoms with E-state index in [1.165, 1.54) is 31.2 Å². The molecule has 0 aliphatic heterocycles. The van der Waals surface area contributed by atoms with E-state index in [0.717, 1.165) is 0 Å². The molecule has 0 saturated heterocycles.